The van der Waals surface area contributed by atoms with Gasteiger partial charge in [0.05, 0.1) is 0 Å². The second-order valence-corrected chi connectivity index (χ2v) is 7.62. The standard InChI is InChI=1S/C27H18N2O3.Pt/c1-2-12-23-18(7-1)16-24-26(23)29-27(32-24)19-8-5-9-20(15-19)30-21-10-6-11-22(17-21)31-25-13-3-4-14-28-25;/h1-14,24,26H,16H2;/q-2;+2/t24-,26+;/m1./s1. The summed E-state index contributed by atoms with van der Waals surface area (Å²) in [7, 11) is 0. The molecule has 0 radical (unpaired) electrons. The van der Waals surface area contributed by atoms with Crippen molar-refractivity contribution in [2.75, 3.05) is 0 Å². The molecule has 4 aromatic rings. The third-order valence-corrected chi connectivity index (χ3v) is 5.48. The first kappa shape index (κ1) is 21.4. The van der Waals surface area contributed by atoms with Crippen molar-refractivity contribution in [1.29, 1.82) is 0 Å². The van der Waals surface area contributed by atoms with Crippen molar-refractivity contribution in [2.45, 2.75) is 18.6 Å². The number of fused-ring (bicyclic) bond motifs is 3. The predicted octanol–water partition coefficient (Wildman–Crippen LogP) is 5.71. The van der Waals surface area contributed by atoms with Gasteiger partial charge < -0.3 is 14.2 Å². The Balaban J connectivity index is 0.00000228. The molecule has 0 saturated heterocycles. The van der Waals surface area contributed by atoms with Crippen molar-refractivity contribution >= 4 is 5.90 Å². The maximum Gasteiger partial charge on any atom is 2.00 e. The summed E-state index contributed by atoms with van der Waals surface area (Å²) >= 11 is 0. The van der Waals surface area contributed by atoms with Gasteiger partial charge in [-0.1, -0.05) is 48.0 Å². The van der Waals surface area contributed by atoms with Crippen LogP contribution in [0.3, 0.4) is 0 Å². The maximum absolute atomic E-state index is 6.17. The van der Waals surface area contributed by atoms with E-state index in [9.17, 15) is 0 Å². The van der Waals surface area contributed by atoms with Crippen LogP contribution in [0.4, 0.5) is 0 Å². The normalized spacial score (nSPS) is 17.8. The summed E-state index contributed by atoms with van der Waals surface area (Å²) in [6, 6.07) is 31.5. The molecule has 2 heterocycles. The third-order valence-electron chi connectivity index (χ3n) is 5.48. The van der Waals surface area contributed by atoms with Crippen molar-refractivity contribution in [3.05, 3.63) is 114 Å². The number of rotatable bonds is 5. The van der Waals surface area contributed by atoms with Gasteiger partial charge in [0.25, 0.3) is 0 Å². The first-order valence-corrected chi connectivity index (χ1v) is 10.5. The Labute approximate surface area is 206 Å². The summed E-state index contributed by atoms with van der Waals surface area (Å²) in [5, 5.41) is 0. The molecule has 33 heavy (non-hydrogen) atoms. The van der Waals surface area contributed by atoms with E-state index in [-0.39, 0.29) is 33.2 Å². The van der Waals surface area contributed by atoms with Gasteiger partial charge in [-0.05, 0) is 17.2 Å². The molecule has 0 amide bonds. The van der Waals surface area contributed by atoms with Gasteiger partial charge in [-0.2, -0.15) is 6.07 Å². The summed E-state index contributed by atoms with van der Waals surface area (Å²) in [5.41, 5.74) is 3.34. The van der Waals surface area contributed by atoms with Gasteiger partial charge in [0, 0.05) is 35.9 Å². The topological polar surface area (TPSA) is 52.9 Å². The molecule has 1 aliphatic carbocycles. The fourth-order valence-electron chi connectivity index (χ4n) is 4.05. The molecule has 1 aliphatic heterocycles. The summed E-state index contributed by atoms with van der Waals surface area (Å²) in [6.07, 6.45) is 2.60. The van der Waals surface area contributed by atoms with E-state index < -0.39 is 0 Å². The molecule has 0 fully saturated rings. The summed E-state index contributed by atoms with van der Waals surface area (Å²) in [5.74, 6) is 2.70. The Bertz CT molecular complexity index is 1310. The van der Waals surface area contributed by atoms with Crippen LogP contribution in [0.15, 0.2) is 90.1 Å². The Kier molecular flexibility index (Phi) is 5.97. The van der Waals surface area contributed by atoms with Crippen LogP contribution < -0.4 is 9.47 Å². The van der Waals surface area contributed by atoms with E-state index in [0.29, 0.717) is 29.0 Å². The number of benzene rings is 3. The Morgan fingerprint density at radius 2 is 1.55 bits per heavy atom. The number of aromatic nitrogens is 1. The molecule has 6 heteroatoms. The molecule has 0 N–H and O–H groups in total. The molecule has 0 saturated carbocycles. The van der Waals surface area contributed by atoms with Crippen molar-refractivity contribution in [1.82, 2.24) is 4.98 Å². The van der Waals surface area contributed by atoms with Gasteiger partial charge in [0.2, 0.25) is 5.88 Å². The summed E-state index contributed by atoms with van der Waals surface area (Å²) in [6.45, 7) is 0. The van der Waals surface area contributed by atoms with Crippen molar-refractivity contribution in [3.8, 4) is 23.1 Å². The van der Waals surface area contributed by atoms with E-state index in [4.69, 9.17) is 19.2 Å². The van der Waals surface area contributed by atoms with Crippen LogP contribution in [0.5, 0.6) is 23.1 Å². The minimum Gasteiger partial charge on any atom is -0.514 e. The zero-order valence-corrected chi connectivity index (χ0v) is 19.7. The van der Waals surface area contributed by atoms with Crippen LogP contribution in [0.1, 0.15) is 22.7 Å². The number of hydrogen-bond acceptors (Lipinski definition) is 5. The van der Waals surface area contributed by atoms with Gasteiger partial charge in [0.1, 0.15) is 18.0 Å². The van der Waals surface area contributed by atoms with Crippen LogP contribution in [0, 0.1) is 12.1 Å². The molecule has 1 aromatic heterocycles. The summed E-state index contributed by atoms with van der Waals surface area (Å²) < 4.78 is 17.9. The smallest absolute Gasteiger partial charge is 0.514 e. The SMILES string of the molecule is [Pt+2].[c-]1c(Oc2[c-]c(C3=N[C@H]4c5ccccc5C[C@H]4O3)ccc2)cccc1Oc1ccccn1. The fourth-order valence-corrected chi connectivity index (χ4v) is 4.05. The monoisotopic (exact) mass is 613 g/mol. The zero-order valence-electron chi connectivity index (χ0n) is 17.4. The van der Waals surface area contributed by atoms with E-state index >= 15 is 0 Å². The minimum absolute atomic E-state index is 0. The zero-order chi connectivity index (χ0) is 21.3. The van der Waals surface area contributed by atoms with Crippen LogP contribution in [0.25, 0.3) is 0 Å². The molecule has 0 spiro atoms. The number of pyridine rings is 1. The average Bonchev–Trinajstić information content (AvgIpc) is 3.39. The van der Waals surface area contributed by atoms with Crippen LogP contribution >= 0.6 is 0 Å². The quantitative estimate of drug-likeness (QED) is 0.271. The Hall–Kier alpha value is -3.43. The first-order valence-electron chi connectivity index (χ1n) is 10.5. The van der Waals surface area contributed by atoms with Gasteiger partial charge in [-0.25, -0.2) is 4.98 Å². The first-order chi connectivity index (χ1) is 15.8. The van der Waals surface area contributed by atoms with Crippen LogP contribution in [-0.4, -0.2) is 17.0 Å². The van der Waals surface area contributed by atoms with E-state index in [1.165, 1.54) is 11.1 Å². The minimum atomic E-state index is 0. The summed E-state index contributed by atoms with van der Waals surface area (Å²) in [4.78, 5) is 9.01. The second-order valence-electron chi connectivity index (χ2n) is 7.62. The molecule has 2 atom stereocenters. The van der Waals surface area contributed by atoms with Gasteiger partial charge in [0.15, 0.2) is 0 Å². The van der Waals surface area contributed by atoms with E-state index in [1.807, 2.05) is 42.5 Å². The largest absolute Gasteiger partial charge is 2.00 e. The van der Waals surface area contributed by atoms with Crippen molar-refractivity contribution < 1.29 is 35.3 Å². The average molecular weight is 614 g/mol. The number of ether oxygens (including phenoxy) is 3. The van der Waals surface area contributed by atoms with E-state index in [0.717, 1.165) is 12.0 Å². The van der Waals surface area contributed by atoms with E-state index in [1.54, 1.807) is 18.3 Å². The molecule has 2 aliphatic rings. The molecular weight excluding hydrogens is 595 g/mol. The molecule has 0 unspecified atom stereocenters. The molecule has 164 valence electrons. The van der Waals surface area contributed by atoms with Crippen LogP contribution in [-0.2, 0) is 32.2 Å². The molecule has 5 nitrogen and oxygen atoms in total. The van der Waals surface area contributed by atoms with Gasteiger partial charge in [-0.3, -0.25) is 4.99 Å². The maximum atomic E-state index is 6.17. The number of nitrogens with zero attached hydrogens (tertiary/aromatic N) is 2. The molecule has 6 rings (SSSR count). The fraction of sp³-hybridized carbons (Fsp3) is 0.111. The van der Waals surface area contributed by atoms with Crippen LogP contribution in [0.2, 0.25) is 0 Å². The van der Waals surface area contributed by atoms with Gasteiger partial charge >= 0.3 is 21.1 Å². The molecule has 0 bridgehead atoms. The third kappa shape index (κ3) is 4.42. The predicted molar refractivity (Wildman–Crippen MR) is 119 cm³/mol. The van der Waals surface area contributed by atoms with E-state index in [2.05, 4.69) is 41.4 Å². The Morgan fingerprint density at radius 1 is 0.788 bits per heavy atom. The van der Waals surface area contributed by atoms with Crippen molar-refractivity contribution in [2.24, 2.45) is 4.99 Å². The molecular formula is C27H18N2O3Pt. The molecule has 3 aromatic carbocycles. The van der Waals surface area contributed by atoms with Gasteiger partial charge in [-0.15, -0.1) is 30.3 Å². The number of aliphatic imine (C=N–C) groups is 1. The number of hydrogen-bond donors (Lipinski definition) is 0. The van der Waals surface area contributed by atoms with Crippen molar-refractivity contribution in [3.63, 3.8) is 0 Å². The second kappa shape index (κ2) is 9.20. The Morgan fingerprint density at radius 3 is 2.39 bits per heavy atom.